The van der Waals surface area contributed by atoms with Gasteiger partial charge in [0.1, 0.15) is 0 Å². The lowest BCUT2D eigenvalue weighted by Crippen LogP contribution is -1.94. The Morgan fingerprint density at radius 1 is 0.806 bits per heavy atom. The maximum absolute atomic E-state index is 13.9. The van der Waals surface area contributed by atoms with E-state index in [1.54, 1.807) is 12.1 Å². The molecule has 0 heterocycles. The topological polar surface area (TPSA) is 29.1 Å². The lowest BCUT2D eigenvalue weighted by molar-refractivity contribution is 0.252. The van der Waals surface area contributed by atoms with Crippen molar-refractivity contribution in [3.63, 3.8) is 0 Å². The molecule has 0 aliphatic heterocycles. The van der Waals surface area contributed by atoms with E-state index in [1.807, 2.05) is 60.7 Å². The molecule has 3 rings (SSSR count). The Balaban J connectivity index is 1.97. The molecule has 0 saturated carbocycles. The first-order valence-electron chi connectivity index (χ1n) is 9.15. The second kappa shape index (κ2) is 11.0. The molecule has 0 aliphatic carbocycles. The number of benzene rings is 3. The minimum Gasteiger partial charge on any atom is -0.330 e. The highest BCUT2D eigenvalue weighted by Crippen LogP contribution is 2.53. The predicted octanol–water partition coefficient (Wildman–Crippen LogP) is 9.17. The monoisotopic (exact) mass is 495 g/mol. The van der Waals surface area contributed by atoms with Crippen LogP contribution in [0.25, 0.3) is 10.1 Å². The van der Waals surface area contributed by atoms with Gasteiger partial charge in [-0.1, -0.05) is 95.6 Å². The van der Waals surface area contributed by atoms with Crippen LogP contribution in [0, 0.1) is 0 Å². The van der Waals surface area contributed by atoms with Crippen molar-refractivity contribution < 1.29 is 13.3 Å². The third-order valence-electron chi connectivity index (χ3n) is 4.09. The molecule has 0 aromatic heterocycles. The third kappa shape index (κ3) is 7.26. The van der Waals surface area contributed by atoms with Gasteiger partial charge in [-0.05, 0) is 35.4 Å². The maximum Gasteiger partial charge on any atom is 0.288 e. The van der Waals surface area contributed by atoms with Crippen LogP contribution >= 0.6 is 42.3 Å². The molecule has 3 aromatic rings. The van der Waals surface area contributed by atoms with E-state index in [1.165, 1.54) is 23.8 Å². The van der Waals surface area contributed by atoms with Crippen LogP contribution in [0.1, 0.15) is 11.1 Å². The zero-order chi connectivity index (χ0) is 22.3. The molecule has 0 bridgehead atoms. The van der Waals surface area contributed by atoms with E-state index in [2.05, 4.69) is 5.09 Å². The molecule has 1 atom stereocenters. The molecule has 0 amide bonds. The van der Waals surface area contributed by atoms with Gasteiger partial charge in [0.25, 0.3) is 5.76 Å². The molecule has 0 aliphatic rings. The second-order valence-corrected chi connectivity index (χ2v) is 10.4. The van der Waals surface area contributed by atoms with Crippen molar-refractivity contribution in [2.45, 2.75) is 10.7 Å². The summed E-state index contributed by atoms with van der Waals surface area (Å²) in [7, 11) is -3.42. The van der Waals surface area contributed by atoms with Crippen molar-refractivity contribution in [1.29, 1.82) is 0 Å². The standard InChI is InChI=1S/C23H18Cl2F2NOPS/c24-21(17-7-3-1-4-8-17)15-30(29,16-22(25)18-9-5-2-6-10-18)28-19-11-13-20(14-12-19)31-23(26)27/h1-16,23H,(H,28,29)/b21-15-,22-16?. The maximum atomic E-state index is 13.9. The van der Waals surface area contributed by atoms with Crippen LogP contribution in [0.3, 0.4) is 0 Å². The van der Waals surface area contributed by atoms with Crippen LogP contribution in [0.4, 0.5) is 14.5 Å². The molecule has 0 fully saturated rings. The van der Waals surface area contributed by atoms with Gasteiger partial charge in [-0.2, -0.15) is 8.78 Å². The quantitative estimate of drug-likeness (QED) is 0.249. The van der Waals surface area contributed by atoms with Crippen molar-refractivity contribution in [2.24, 2.45) is 0 Å². The van der Waals surface area contributed by atoms with Crippen LogP contribution in [-0.2, 0) is 4.57 Å². The summed E-state index contributed by atoms with van der Waals surface area (Å²) in [4.78, 5) is 0.408. The van der Waals surface area contributed by atoms with E-state index in [0.29, 0.717) is 43.5 Å². The molecular formula is C23H18Cl2F2NOPS. The van der Waals surface area contributed by atoms with Crippen LogP contribution in [-0.4, -0.2) is 5.76 Å². The van der Waals surface area contributed by atoms with Gasteiger partial charge in [0.2, 0.25) is 7.29 Å². The Kier molecular flexibility index (Phi) is 8.39. The molecular weight excluding hydrogens is 478 g/mol. The molecule has 160 valence electrons. The van der Waals surface area contributed by atoms with E-state index in [0.717, 1.165) is 0 Å². The lowest BCUT2D eigenvalue weighted by Gasteiger charge is -2.16. The number of nitrogens with one attached hydrogen (secondary N) is 1. The van der Waals surface area contributed by atoms with Crippen LogP contribution < -0.4 is 5.09 Å². The highest BCUT2D eigenvalue weighted by atomic mass is 35.5. The predicted molar refractivity (Wildman–Crippen MR) is 130 cm³/mol. The van der Waals surface area contributed by atoms with Crippen molar-refractivity contribution in [1.82, 2.24) is 0 Å². The number of hydrogen-bond acceptors (Lipinski definition) is 2. The SMILES string of the molecule is O=P(C=C(Cl)c1ccccc1)(/C=C(\Cl)c1ccccc1)Nc1ccc(SC(F)F)cc1. The number of anilines is 1. The van der Waals surface area contributed by atoms with Crippen LogP contribution in [0.5, 0.6) is 0 Å². The lowest BCUT2D eigenvalue weighted by atomic mass is 10.2. The van der Waals surface area contributed by atoms with Gasteiger partial charge in [-0.25, -0.2) is 0 Å². The molecule has 0 spiro atoms. The Morgan fingerprint density at radius 2 is 1.26 bits per heavy atom. The van der Waals surface area contributed by atoms with Gasteiger partial charge in [0.15, 0.2) is 0 Å². The first-order valence-corrected chi connectivity index (χ1v) is 12.6. The number of hydrogen-bond donors (Lipinski definition) is 1. The zero-order valence-corrected chi connectivity index (χ0v) is 19.3. The first-order chi connectivity index (χ1) is 14.8. The summed E-state index contributed by atoms with van der Waals surface area (Å²) in [6.45, 7) is 0. The van der Waals surface area contributed by atoms with E-state index in [4.69, 9.17) is 23.2 Å². The van der Waals surface area contributed by atoms with Gasteiger partial charge in [-0.15, -0.1) is 0 Å². The normalized spacial score (nSPS) is 14.4. The molecule has 3 aromatic carbocycles. The largest absolute Gasteiger partial charge is 0.330 e. The zero-order valence-electron chi connectivity index (χ0n) is 16.1. The van der Waals surface area contributed by atoms with Crippen molar-refractivity contribution in [3.05, 3.63) is 108 Å². The summed E-state index contributed by atoms with van der Waals surface area (Å²) < 4.78 is 39.0. The highest BCUT2D eigenvalue weighted by molar-refractivity contribution is 7.99. The number of rotatable bonds is 8. The van der Waals surface area contributed by atoms with E-state index < -0.39 is 13.1 Å². The van der Waals surface area contributed by atoms with Crippen LogP contribution in [0.15, 0.2) is 101 Å². The van der Waals surface area contributed by atoms with Gasteiger partial charge in [0, 0.05) is 22.2 Å². The van der Waals surface area contributed by atoms with E-state index >= 15 is 0 Å². The average Bonchev–Trinajstić information content (AvgIpc) is 2.76. The molecule has 2 nitrogen and oxygen atoms in total. The fraction of sp³-hybridized carbons (Fsp3) is 0.0435. The van der Waals surface area contributed by atoms with Crippen molar-refractivity contribution >= 4 is 58.0 Å². The fourth-order valence-corrected chi connectivity index (χ4v) is 6.04. The summed E-state index contributed by atoms with van der Waals surface area (Å²) in [6, 6.07) is 24.5. The Morgan fingerprint density at radius 3 is 1.68 bits per heavy atom. The Labute approximate surface area is 194 Å². The summed E-state index contributed by atoms with van der Waals surface area (Å²) in [5, 5.41) is 3.58. The summed E-state index contributed by atoms with van der Waals surface area (Å²) in [6.07, 6.45) is 0. The smallest absolute Gasteiger partial charge is 0.288 e. The fourth-order valence-electron chi connectivity index (χ4n) is 2.70. The Bertz CT molecular complexity index is 1050. The molecule has 1 unspecified atom stereocenters. The van der Waals surface area contributed by atoms with Crippen LogP contribution in [0.2, 0.25) is 0 Å². The Hall–Kier alpha value is -2.04. The second-order valence-electron chi connectivity index (χ2n) is 6.41. The molecule has 31 heavy (non-hydrogen) atoms. The van der Waals surface area contributed by atoms with Gasteiger partial charge < -0.3 is 5.09 Å². The van der Waals surface area contributed by atoms with Gasteiger partial charge >= 0.3 is 0 Å². The van der Waals surface area contributed by atoms with E-state index in [9.17, 15) is 13.3 Å². The summed E-state index contributed by atoms with van der Waals surface area (Å²) in [5.74, 6) is 0.374. The molecule has 0 saturated heterocycles. The average molecular weight is 496 g/mol. The van der Waals surface area contributed by atoms with Crippen molar-refractivity contribution in [3.8, 4) is 0 Å². The van der Waals surface area contributed by atoms with E-state index in [-0.39, 0.29) is 0 Å². The molecule has 1 N–H and O–H groups in total. The van der Waals surface area contributed by atoms with Gasteiger partial charge in [-0.3, -0.25) is 4.57 Å². The number of thioether (sulfide) groups is 1. The molecule has 0 radical (unpaired) electrons. The van der Waals surface area contributed by atoms with Gasteiger partial charge in [0.05, 0.1) is 10.1 Å². The minimum atomic E-state index is -3.42. The van der Waals surface area contributed by atoms with Crippen molar-refractivity contribution in [2.75, 3.05) is 5.09 Å². The third-order valence-corrected chi connectivity index (χ3v) is 7.67. The first kappa shape index (κ1) is 23.6. The number of halogens is 4. The molecule has 8 heteroatoms. The summed E-state index contributed by atoms with van der Waals surface area (Å²) >= 11 is 13.4. The highest BCUT2D eigenvalue weighted by Gasteiger charge is 2.20. The number of alkyl halides is 2. The minimum absolute atomic E-state index is 0.301. The summed E-state index contributed by atoms with van der Waals surface area (Å²) in [5.41, 5.74) is 1.91.